The molecule has 4 nitrogen and oxygen atoms in total. The molecule has 0 atom stereocenters. The first-order chi connectivity index (χ1) is 5.29. The first-order valence-electron chi connectivity index (χ1n) is 3.66. The molecule has 0 aliphatic carbocycles. The number of carbonyl (C=O) groups is 1. The second-order valence-corrected chi connectivity index (χ2v) is 2.61. The molecule has 0 spiro atoms. The van der Waals surface area contributed by atoms with E-state index >= 15 is 0 Å². The maximum atomic E-state index is 10.3. The van der Waals surface area contributed by atoms with Gasteiger partial charge in [-0.1, -0.05) is 0 Å². The van der Waals surface area contributed by atoms with Crippen molar-refractivity contribution in [2.24, 2.45) is 5.92 Å². The molecular weight excluding hydrogens is 148 g/mol. The van der Waals surface area contributed by atoms with Crippen molar-refractivity contribution >= 4 is 5.97 Å². The Hall–Kier alpha value is -0.610. The fourth-order valence-corrected chi connectivity index (χ4v) is 1.03. The van der Waals surface area contributed by atoms with Crippen LogP contribution in [-0.2, 0) is 14.3 Å². The lowest BCUT2D eigenvalue weighted by Gasteiger charge is -2.08. The lowest BCUT2D eigenvalue weighted by atomic mass is 10.1. The highest BCUT2D eigenvalue weighted by Crippen LogP contribution is 2.07. The van der Waals surface area contributed by atoms with Gasteiger partial charge in [0.05, 0.1) is 32.8 Å². The lowest BCUT2D eigenvalue weighted by Crippen LogP contribution is -2.16. The van der Waals surface area contributed by atoms with Crippen molar-refractivity contribution in [3.63, 3.8) is 0 Å². The summed E-state index contributed by atoms with van der Waals surface area (Å²) in [6.45, 7) is 2.17. The van der Waals surface area contributed by atoms with Gasteiger partial charge in [-0.25, -0.2) is 0 Å². The summed E-state index contributed by atoms with van der Waals surface area (Å²) < 4.78 is 10.2. The molecule has 0 bridgehead atoms. The minimum absolute atomic E-state index is 0.0231. The predicted octanol–water partition coefficient (Wildman–Crippen LogP) is 0.124. The van der Waals surface area contributed by atoms with Crippen molar-refractivity contribution in [1.29, 1.82) is 0 Å². The van der Waals surface area contributed by atoms with Crippen molar-refractivity contribution in [1.82, 2.24) is 0 Å². The van der Waals surface area contributed by atoms with Crippen LogP contribution in [0.2, 0.25) is 0 Å². The molecule has 1 rings (SSSR count). The van der Waals surface area contributed by atoms with Gasteiger partial charge in [-0.15, -0.1) is 0 Å². The van der Waals surface area contributed by atoms with E-state index in [1.54, 1.807) is 0 Å². The van der Waals surface area contributed by atoms with Gasteiger partial charge in [-0.05, 0) is 0 Å². The normalized spacial score (nSPS) is 21.1. The van der Waals surface area contributed by atoms with Crippen LogP contribution < -0.4 is 0 Å². The average molecular weight is 160 g/mol. The van der Waals surface area contributed by atoms with Gasteiger partial charge in [0.2, 0.25) is 0 Å². The number of carboxylic acid groups (broad SMARTS) is 1. The highest BCUT2D eigenvalue weighted by Gasteiger charge is 2.15. The molecule has 0 aromatic heterocycles. The van der Waals surface area contributed by atoms with Gasteiger partial charge < -0.3 is 14.6 Å². The van der Waals surface area contributed by atoms with E-state index in [2.05, 4.69) is 0 Å². The molecule has 0 unspecified atom stereocenters. The number of hydrogen-bond donors (Lipinski definition) is 1. The summed E-state index contributed by atoms with van der Waals surface area (Å²) in [5.74, 6) is -0.765. The van der Waals surface area contributed by atoms with Gasteiger partial charge in [-0.3, -0.25) is 4.79 Å². The summed E-state index contributed by atoms with van der Waals surface area (Å²) >= 11 is 0. The predicted molar refractivity (Wildman–Crippen MR) is 37.4 cm³/mol. The molecule has 1 aliphatic rings. The monoisotopic (exact) mass is 160 g/mol. The van der Waals surface area contributed by atoms with Crippen LogP contribution in [0.4, 0.5) is 0 Å². The number of aliphatic carboxylic acids is 1. The van der Waals surface area contributed by atoms with E-state index in [1.807, 2.05) is 0 Å². The standard InChI is InChI=1S/C7H12O4/c8-7(9)3-6-4-10-1-2-11-5-6/h6H,1-5H2,(H,8,9). The highest BCUT2D eigenvalue weighted by molar-refractivity contribution is 5.67. The third kappa shape index (κ3) is 3.34. The van der Waals surface area contributed by atoms with Crippen LogP contribution >= 0.6 is 0 Å². The molecule has 1 saturated heterocycles. The maximum absolute atomic E-state index is 10.3. The second-order valence-electron chi connectivity index (χ2n) is 2.61. The number of ether oxygens (including phenoxy) is 2. The first-order valence-corrected chi connectivity index (χ1v) is 3.66. The van der Waals surface area contributed by atoms with E-state index in [0.29, 0.717) is 26.4 Å². The van der Waals surface area contributed by atoms with Crippen LogP contribution in [0.25, 0.3) is 0 Å². The quantitative estimate of drug-likeness (QED) is 0.623. The fourth-order valence-electron chi connectivity index (χ4n) is 1.03. The Labute approximate surface area is 65.1 Å². The molecule has 1 N–H and O–H groups in total. The summed E-state index contributed by atoms with van der Waals surface area (Å²) in [5.41, 5.74) is 0. The smallest absolute Gasteiger partial charge is 0.303 e. The minimum Gasteiger partial charge on any atom is -0.481 e. The Morgan fingerprint density at radius 2 is 1.91 bits per heavy atom. The van der Waals surface area contributed by atoms with Crippen molar-refractivity contribution < 1.29 is 19.4 Å². The number of rotatable bonds is 2. The van der Waals surface area contributed by atoms with E-state index in [-0.39, 0.29) is 12.3 Å². The molecule has 1 fully saturated rings. The molecule has 0 amide bonds. The third-order valence-corrected chi connectivity index (χ3v) is 1.54. The van der Waals surface area contributed by atoms with Crippen LogP contribution in [-0.4, -0.2) is 37.5 Å². The zero-order chi connectivity index (χ0) is 8.10. The minimum atomic E-state index is -0.788. The molecule has 0 aromatic rings. The van der Waals surface area contributed by atoms with Gasteiger partial charge >= 0.3 is 5.97 Å². The van der Waals surface area contributed by atoms with Crippen LogP contribution in [0, 0.1) is 5.92 Å². The molecule has 4 heteroatoms. The molecule has 11 heavy (non-hydrogen) atoms. The zero-order valence-electron chi connectivity index (χ0n) is 6.28. The van der Waals surface area contributed by atoms with E-state index < -0.39 is 5.97 Å². The fraction of sp³-hybridized carbons (Fsp3) is 0.857. The third-order valence-electron chi connectivity index (χ3n) is 1.54. The molecule has 0 radical (unpaired) electrons. The molecule has 1 heterocycles. The van der Waals surface area contributed by atoms with E-state index in [4.69, 9.17) is 14.6 Å². The van der Waals surface area contributed by atoms with E-state index in [0.717, 1.165) is 0 Å². The lowest BCUT2D eigenvalue weighted by molar-refractivity contribution is -0.138. The van der Waals surface area contributed by atoms with E-state index in [9.17, 15) is 4.79 Å². The SMILES string of the molecule is O=C(O)CC1COCCOC1. The Morgan fingerprint density at radius 3 is 2.36 bits per heavy atom. The van der Waals surface area contributed by atoms with Crippen molar-refractivity contribution in [3.05, 3.63) is 0 Å². The molecule has 0 saturated carbocycles. The summed E-state index contributed by atoms with van der Waals surface area (Å²) in [5, 5.41) is 8.45. The van der Waals surface area contributed by atoms with Crippen molar-refractivity contribution in [2.75, 3.05) is 26.4 Å². The van der Waals surface area contributed by atoms with Crippen LogP contribution in [0.1, 0.15) is 6.42 Å². The van der Waals surface area contributed by atoms with Crippen LogP contribution in [0.15, 0.2) is 0 Å². The second kappa shape index (κ2) is 4.31. The highest BCUT2D eigenvalue weighted by atomic mass is 16.5. The number of hydrogen-bond acceptors (Lipinski definition) is 3. The Morgan fingerprint density at radius 1 is 1.36 bits per heavy atom. The van der Waals surface area contributed by atoms with Crippen molar-refractivity contribution in [2.45, 2.75) is 6.42 Å². The van der Waals surface area contributed by atoms with Crippen LogP contribution in [0.5, 0.6) is 0 Å². The Bertz CT molecular complexity index is 126. The van der Waals surface area contributed by atoms with Crippen molar-refractivity contribution in [3.8, 4) is 0 Å². The van der Waals surface area contributed by atoms with Gasteiger partial charge in [-0.2, -0.15) is 0 Å². The number of carboxylic acids is 1. The summed E-state index contributed by atoms with van der Waals surface area (Å²) in [7, 11) is 0. The van der Waals surface area contributed by atoms with Gasteiger partial charge in [0, 0.05) is 5.92 Å². The van der Waals surface area contributed by atoms with E-state index in [1.165, 1.54) is 0 Å². The molecular formula is C7H12O4. The molecule has 64 valence electrons. The largest absolute Gasteiger partial charge is 0.481 e. The Balaban J connectivity index is 2.25. The first kappa shape index (κ1) is 8.49. The van der Waals surface area contributed by atoms with Crippen LogP contribution in [0.3, 0.4) is 0 Å². The zero-order valence-corrected chi connectivity index (χ0v) is 6.28. The van der Waals surface area contributed by atoms with Gasteiger partial charge in [0.1, 0.15) is 0 Å². The summed E-state index contributed by atoms with van der Waals surface area (Å²) in [4.78, 5) is 10.3. The summed E-state index contributed by atoms with van der Waals surface area (Å²) in [6, 6.07) is 0. The summed E-state index contributed by atoms with van der Waals surface area (Å²) in [6.07, 6.45) is 0.139. The maximum Gasteiger partial charge on any atom is 0.303 e. The Kier molecular flexibility index (Phi) is 3.32. The average Bonchev–Trinajstić information content (AvgIpc) is 2.14. The molecule has 0 aromatic carbocycles. The topological polar surface area (TPSA) is 55.8 Å². The van der Waals surface area contributed by atoms with Gasteiger partial charge in [0.15, 0.2) is 0 Å². The molecule has 1 aliphatic heterocycles. The van der Waals surface area contributed by atoms with Gasteiger partial charge in [0.25, 0.3) is 0 Å².